The predicted octanol–water partition coefficient (Wildman–Crippen LogP) is 5.19. The lowest BCUT2D eigenvalue weighted by Gasteiger charge is -2.12. The molecule has 0 bridgehead atoms. The average Bonchev–Trinajstić information content (AvgIpc) is 3.01. The number of allylic oxidation sites excluding steroid dienone is 1. The molecule has 5 nitrogen and oxygen atoms in total. The number of imidazole rings is 1. The molecule has 1 aromatic heterocycles. The average molecular weight is 395 g/mol. The number of benzene rings is 2. The molecule has 0 saturated heterocycles. The van der Waals surface area contributed by atoms with Crippen molar-refractivity contribution < 1.29 is 14.7 Å². The van der Waals surface area contributed by atoms with E-state index in [1.54, 1.807) is 22.8 Å². The van der Waals surface area contributed by atoms with Crippen molar-refractivity contribution in [2.75, 3.05) is 0 Å². The number of aromatic carboxylic acids is 1. The molecule has 3 rings (SSSR count). The van der Waals surface area contributed by atoms with Gasteiger partial charge in [0.15, 0.2) is 11.4 Å². The normalized spacial score (nSPS) is 11.1. The fourth-order valence-corrected chi connectivity index (χ4v) is 3.23. The molecular formula is C22H19ClN2O3. The van der Waals surface area contributed by atoms with Crippen LogP contribution in [-0.2, 0) is 6.54 Å². The number of aromatic nitrogens is 2. The molecule has 1 heterocycles. The fourth-order valence-electron chi connectivity index (χ4n) is 3.00. The number of rotatable bonds is 7. The van der Waals surface area contributed by atoms with Gasteiger partial charge in [0.1, 0.15) is 11.5 Å². The van der Waals surface area contributed by atoms with E-state index in [9.17, 15) is 14.7 Å². The second-order valence-electron chi connectivity index (χ2n) is 6.21. The zero-order chi connectivity index (χ0) is 20.1. The van der Waals surface area contributed by atoms with Crippen molar-refractivity contribution in [2.45, 2.75) is 19.9 Å². The minimum atomic E-state index is -1.01. The summed E-state index contributed by atoms with van der Waals surface area (Å²) in [6.45, 7) is 2.28. The van der Waals surface area contributed by atoms with Gasteiger partial charge in [0, 0.05) is 6.54 Å². The van der Waals surface area contributed by atoms with Gasteiger partial charge >= 0.3 is 5.97 Å². The fraction of sp³-hybridized carbons (Fsp3) is 0.136. The van der Waals surface area contributed by atoms with E-state index in [2.05, 4.69) is 4.98 Å². The lowest BCUT2D eigenvalue weighted by molar-refractivity contribution is 0.0697. The van der Waals surface area contributed by atoms with E-state index in [4.69, 9.17) is 11.6 Å². The van der Waals surface area contributed by atoms with E-state index in [0.717, 1.165) is 17.5 Å². The SMILES string of the molecule is CC/C=C/c1nc(Cl)c(C=O)n1Cc1ccc(-c2ccccc2)c(C(=O)O)c1. The predicted molar refractivity (Wildman–Crippen MR) is 110 cm³/mol. The van der Waals surface area contributed by atoms with Crippen LogP contribution in [0.15, 0.2) is 54.6 Å². The van der Waals surface area contributed by atoms with Gasteiger partial charge in [0.2, 0.25) is 0 Å². The Kier molecular flexibility index (Phi) is 6.06. The minimum absolute atomic E-state index is 0.130. The number of nitrogens with zero attached hydrogens (tertiary/aromatic N) is 2. The molecule has 0 radical (unpaired) electrons. The highest BCUT2D eigenvalue weighted by Gasteiger charge is 2.16. The molecule has 0 aliphatic carbocycles. The number of carboxylic acids is 1. The molecule has 0 atom stereocenters. The van der Waals surface area contributed by atoms with Crippen LogP contribution in [0.3, 0.4) is 0 Å². The molecule has 0 spiro atoms. The molecule has 0 fully saturated rings. The smallest absolute Gasteiger partial charge is 0.336 e. The Morgan fingerprint density at radius 3 is 2.61 bits per heavy atom. The number of aldehydes is 1. The summed E-state index contributed by atoms with van der Waals surface area (Å²) in [6, 6.07) is 14.6. The number of carbonyl (C=O) groups is 2. The standard InChI is InChI=1S/C22H19ClN2O3/c1-2-3-9-20-24-21(23)19(14-26)25(20)13-15-10-11-17(18(12-15)22(27)28)16-7-5-4-6-8-16/h3-12,14H,2,13H2,1H3,(H,27,28)/b9-3+. The van der Waals surface area contributed by atoms with Gasteiger partial charge in [-0.3, -0.25) is 4.79 Å². The van der Waals surface area contributed by atoms with Crippen molar-refractivity contribution in [1.29, 1.82) is 0 Å². The summed E-state index contributed by atoms with van der Waals surface area (Å²) in [5, 5.41) is 9.82. The third kappa shape index (κ3) is 4.05. The maximum atomic E-state index is 11.8. The highest BCUT2D eigenvalue weighted by atomic mass is 35.5. The second-order valence-corrected chi connectivity index (χ2v) is 6.57. The molecule has 0 amide bonds. The van der Waals surface area contributed by atoms with E-state index in [-0.39, 0.29) is 23.0 Å². The first-order valence-corrected chi connectivity index (χ1v) is 9.22. The van der Waals surface area contributed by atoms with Gasteiger partial charge in [-0.1, -0.05) is 67.1 Å². The van der Waals surface area contributed by atoms with Crippen LogP contribution in [0, 0.1) is 0 Å². The summed E-state index contributed by atoms with van der Waals surface area (Å²) in [7, 11) is 0. The third-order valence-corrected chi connectivity index (χ3v) is 4.62. The molecule has 6 heteroatoms. The van der Waals surface area contributed by atoms with Crippen LogP contribution >= 0.6 is 11.6 Å². The highest BCUT2D eigenvalue weighted by molar-refractivity contribution is 6.31. The maximum Gasteiger partial charge on any atom is 0.336 e. The molecule has 142 valence electrons. The molecule has 3 aromatic rings. The van der Waals surface area contributed by atoms with Gasteiger partial charge in [-0.05, 0) is 35.3 Å². The Hall–Kier alpha value is -3.18. The first-order chi connectivity index (χ1) is 13.5. The van der Waals surface area contributed by atoms with Crippen molar-refractivity contribution in [2.24, 2.45) is 0 Å². The summed E-state index contributed by atoms with van der Waals surface area (Å²) in [5.41, 5.74) is 2.68. The van der Waals surface area contributed by atoms with Crippen molar-refractivity contribution in [1.82, 2.24) is 9.55 Å². The Morgan fingerprint density at radius 1 is 1.21 bits per heavy atom. The summed E-state index contributed by atoms with van der Waals surface area (Å²) in [6.07, 6.45) is 5.20. The molecule has 1 N–H and O–H groups in total. The Balaban J connectivity index is 2.05. The Morgan fingerprint density at radius 2 is 1.96 bits per heavy atom. The molecule has 0 unspecified atom stereocenters. The largest absolute Gasteiger partial charge is 0.478 e. The van der Waals surface area contributed by atoms with Gasteiger partial charge < -0.3 is 9.67 Å². The Bertz CT molecular complexity index is 1040. The number of halogens is 1. The quantitative estimate of drug-likeness (QED) is 0.560. The van der Waals surface area contributed by atoms with E-state index in [1.165, 1.54) is 0 Å². The zero-order valence-corrected chi connectivity index (χ0v) is 16.1. The van der Waals surface area contributed by atoms with Gasteiger partial charge in [-0.25, -0.2) is 9.78 Å². The van der Waals surface area contributed by atoms with Crippen molar-refractivity contribution >= 4 is 29.9 Å². The van der Waals surface area contributed by atoms with Gasteiger partial charge in [0.25, 0.3) is 0 Å². The van der Waals surface area contributed by atoms with Crippen LogP contribution in [0.25, 0.3) is 17.2 Å². The molecule has 0 aliphatic rings. The van der Waals surface area contributed by atoms with Crippen molar-refractivity contribution in [3.8, 4) is 11.1 Å². The van der Waals surface area contributed by atoms with Crippen LogP contribution in [0.2, 0.25) is 5.15 Å². The van der Waals surface area contributed by atoms with Crippen LogP contribution < -0.4 is 0 Å². The molecule has 2 aromatic carbocycles. The topological polar surface area (TPSA) is 72.2 Å². The summed E-state index contributed by atoms with van der Waals surface area (Å²) in [5.74, 6) is -0.455. The lowest BCUT2D eigenvalue weighted by atomic mass is 9.97. The summed E-state index contributed by atoms with van der Waals surface area (Å²) in [4.78, 5) is 27.5. The van der Waals surface area contributed by atoms with Crippen LogP contribution in [0.5, 0.6) is 0 Å². The summed E-state index contributed by atoms with van der Waals surface area (Å²) < 4.78 is 1.69. The van der Waals surface area contributed by atoms with Crippen LogP contribution in [0.1, 0.15) is 45.6 Å². The van der Waals surface area contributed by atoms with Crippen LogP contribution in [-0.4, -0.2) is 26.9 Å². The van der Waals surface area contributed by atoms with Gasteiger partial charge in [-0.2, -0.15) is 0 Å². The Labute approximate surface area is 167 Å². The number of carbonyl (C=O) groups excluding carboxylic acids is 1. The van der Waals surface area contributed by atoms with Crippen LogP contribution in [0.4, 0.5) is 0 Å². The molecule has 28 heavy (non-hydrogen) atoms. The first-order valence-electron chi connectivity index (χ1n) is 8.84. The van der Waals surface area contributed by atoms with E-state index < -0.39 is 5.97 Å². The monoisotopic (exact) mass is 394 g/mol. The molecular weight excluding hydrogens is 376 g/mol. The lowest BCUT2D eigenvalue weighted by Crippen LogP contribution is -2.08. The number of carboxylic acid groups (broad SMARTS) is 1. The van der Waals surface area contributed by atoms with Crippen molar-refractivity contribution in [3.05, 3.63) is 82.4 Å². The molecule has 0 saturated carbocycles. The molecule has 0 aliphatic heterocycles. The first kappa shape index (κ1) is 19.6. The third-order valence-electron chi connectivity index (χ3n) is 4.35. The van der Waals surface area contributed by atoms with E-state index >= 15 is 0 Å². The summed E-state index contributed by atoms with van der Waals surface area (Å²) >= 11 is 6.09. The van der Waals surface area contributed by atoms with Gasteiger partial charge in [0.05, 0.1) is 5.56 Å². The maximum absolute atomic E-state index is 11.8. The number of hydrogen-bond donors (Lipinski definition) is 1. The van der Waals surface area contributed by atoms with E-state index in [1.807, 2.05) is 49.4 Å². The van der Waals surface area contributed by atoms with Crippen molar-refractivity contribution in [3.63, 3.8) is 0 Å². The second kappa shape index (κ2) is 8.67. The minimum Gasteiger partial charge on any atom is -0.478 e. The number of hydrogen-bond acceptors (Lipinski definition) is 3. The highest BCUT2D eigenvalue weighted by Crippen LogP contribution is 2.26. The van der Waals surface area contributed by atoms with Gasteiger partial charge in [-0.15, -0.1) is 0 Å². The van der Waals surface area contributed by atoms with E-state index in [0.29, 0.717) is 17.7 Å². The zero-order valence-electron chi connectivity index (χ0n) is 15.3.